The first-order chi connectivity index (χ1) is 28.5. The Morgan fingerprint density at radius 2 is 1.68 bits per heavy atom. The summed E-state index contributed by atoms with van der Waals surface area (Å²) in [6, 6.07) is 11.9. The molecule has 0 bridgehead atoms. The van der Waals surface area contributed by atoms with Crippen LogP contribution in [0, 0.1) is 22.7 Å². The van der Waals surface area contributed by atoms with Crippen LogP contribution in [-0.4, -0.2) is 105 Å². The van der Waals surface area contributed by atoms with Gasteiger partial charge in [-0.05, 0) is 120 Å². The molecule has 2 N–H and O–H groups in total. The predicted octanol–water partition coefficient (Wildman–Crippen LogP) is 4.66. The molecule has 2 saturated carbocycles. The van der Waals surface area contributed by atoms with Gasteiger partial charge >= 0.3 is 0 Å². The summed E-state index contributed by atoms with van der Waals surface area (Å²) in [5, 5.41) is 23.5. The lowest BCUT2D eigenvalue weighted by Crippen LogP contribution is -2.60. The van der Waals surface area contributed by atoms with Crippen molar-refractivity contribution >= 4 is 46.8 Å². The molecule has 15 nitrogen and oxygen atoms in total. The Morgan fingerprint density at radius 3 is 2.39 bits per heavy atom. The standard InChI is InChI=1S/C43H48ClN9O6/c44-35-20-32(9-3-27(35)21-45)59-31-10-4-28(5-11-31)46-39(55)36-23-52(49-48-36)29-6-1-26(2-7-29)22-50-17-15-43(16-18-50)24-51(25-43)30-8-12-33-34(19-30)42(58)53(41(33)57)37-13-14-38(54)47-40(37)56/h3,8-9,12,19-20,23,26,28-29,31,37H,1-2,4-7,10-11,13-18,22,24-25H2,(H,46,55)(H,47,54,56)/t26-,28-,29-,31-,37?. The lowest BCUT2D eigenvalue weighted by atomic mass is 9.71. The minimum Gasteiger partial charge on any atom is -0.490 e. The van der Waals surface area contributed by atoms with Gasteiger partial charge in [0.2, 0.25) is 11.8 Å². The van der Waals surface area contributed by atoms with Crippen LogP contribution in [0.5, 0.6) is 5.75 Å². The fraction of sp³-hybridized carbons (Fsp3) is 0.535. The number of rotatable bonds is 9. The highest BCUT2D eigenvalue weighted by atomic mass is 35.5. The first-order valence-corrected chi connectivity index (χ1v) is 21.3. The lowest BCUT2D eigenvalue weighted by Gasteiger charge is -2.55. The van der Waals surface area contributed by atoms with E-state index in [9.17, 15) is 24.0 Å². The summed E-state index contributed by atoms with van der Waals surface area (Å²) < 4.78 is 7.98. The number of carbonyl (C=O) groups is 5. The summed E-state index contributed by atoms with van der Waals surface area (Å²) >= 11 is 6.16. The van der Waals surface area contributed by atoms with Crippen molar-refractivity contribution in [2.75, 3.05) is 37.6 Å². The molecular formula is C43H48ClN9O6. The summed E-state index contributed by atoms with van der Waals surface area (Å²) in [7, 11) is 0. The molecule has 1 atom stereocenters. The smallest absolute Gasteiger partial charge is 0.273 e. The van der Waals surface area contributed by atoms with Crippen molar-refractivity contribution in [2.45, 2.75) is 101 Å². The Hall–Kier alpha value is -5.33. The maximum absolute atomic E-state index is 13.3. The highest BCUT2D eigenvalue weighted by Crippen LogP contribution is 2.44. The van der Waals surface area contributed by atoms with Crippen molar-refractivity contribution in [1.29, 1.82) is 5.26 Å². The van der Waals surface area contributed by atoms with Crippen LogP contribution in [-0.2, 0) is 9.59 Å². The van der Waals surface area contributed by atoms with Gasteiger partial charge in [0.05, 0.1) is 40.1 Å². The number of hydrogen-bond acceptors (Lipinski definition) is 11. The molecule has 2 aromatic carbocycles. The molecule has 59 heavy (non-hydrogen) atoms. The van der Waals surface area contributed by atoms with E-state index >= 15 is 0 Å². The van der Waals surface area contributed by atoms with Crippen LogP contribution >= 0.6 is 11.6 Å². The number of ether oxygens (including phenoxy) is 1. The van der Waals surface area contributed by atoms with Crippen molar-refractivity contribution in [2.24, 2.45) is 11.3 Å². The number of likely N-dealkylation sites (tertiary alicyclic amines) is 1. The van der Waals surface area contributed by atoms with Gasteiger partial charge in [0.1, 0.15) is 17.9 Å². The predicted molar refractivity (Wildman–Crippen MR) is 215 cm³/mol. The molecule has 9 rings (SSSR count). The summed E-state index contributed by atoms with van der Waals surface area (Å²) in [4.78, 5) is 69.5. The van der Waals surface area contributed by atoms with Gasteiger partial charge in [-0.3, -0.25) is 34.2 Å². The van der Waals surface area contributed by atoms with Crippen molar-refractivity contribution in [3.8, 4) is 11.8 Å². The zero-order valence-corrected chi connectivity index (χ0v) is 33.7. The van der Waals surface area contributed by atoms with E-state index in [2.05, 4.69) is 36.8 Å². The average molecular weight is 822 g/mol. The number of nitrogens with zero attached hydrogens (tertiary/aromatic N) is 7. The van der Waals surface area contributed by atoms with E-state index in [4.69, 9.17) is 21.6 Å². The van der Waals surface area contributed by atoms with E-state index in [1.807, 2.05) is 10.7 Å². The number of nitriles is 1. The van der Waals surface area contributed by atoms with Crippen molar-refractivity contribution in [3.63, 3.8) is 0 Å². The minimum absolute atomic E-state index is 0.0286. The summed E-state index contributed by atoms with van der Waals surface area (Å²) in [5.41, 5.74) is 2.57. The number of halogens is 1. The molecule has 3 saturated heterocycles. The molecule has 6 aliphatic rings. The maximum Gasteiger partial charge on any atom is 0.273 e. The third kappa shape index (κ3) is 7.92. The quantitative estimate of drug-likeness (QED) is 0.287. The molecule has 16 heteroatoms. The molecule has 1 unspecified atom stereocenters. The Kier molecular flexibility index (Phi) is 10.6. The second-order valence-electron chi connectivity index (χ2n) is 17.4. The van der Waals surface area contributed by atoms with Crippen LogP contribution < -0.4 is 20.3 Å². The van der Waals surface area contributed by atoms with Crippen LogP contribution in [0.2, 0.25) is 5.02 Å². The van der Waals surface area contributed by atoms with Gasteiger partial charge in [-0.25, -0.2) is 4.68 Å². The summed E-state index contributed by atoms with van der Waals surface area (Å²) in [6.45, 7) is 5.04. The number of aromatic nitrogens is 3. The van der Waals surface area contributed by atoms with Crippen LogP contribution in [0.25, 0.3) is 0 Å². The normalized spacial score (nSPS) is 26.9. The number of amides is 5. The number of imide groups is 2. The van der Waals surface area contributed by atoms with Gasteiger partial charge in [-0.1, -0.05) is 16.8 Å². The van der Waals surface area contributed by atoms with Gasteiger partial charge in [-0.15, -0.1) is 5.10 Å². The molecule has 0 radical (unpaired) electrons. The Labute approximate surface area is 347 Å². The van der Waals surface area contributed by atoms with Gasteiger partial charge in [-0.2, -0.15) is 5.26 Å². The highest BCUT2D eigenvalue weighted by molar-refractivity contribution is 6.31. The molecule has 308 valence electrons. The van der Waals surface area contributed by atoms with Crippen molar-refractivity contribution in [3.05, 3.63) is 70.0 Å². The van der Waals surface area contributed by atoms with Crippen molar-refractivity contribution in [1.82, 2.24) is 35.4 Å². The molecule has 5 heterocycles. The SMILES string of the molecule is N#Cc1ccc(O[C@H]2CC[C@H](NC(=O)c3cn([C@H]4CC[C@H](CN5CCC6(CC5)CN(c5ccc7c(c5)C(=O)N(C5CCC(=O)NC5=O)C7=O)C6)CC4)nn3)CC2)cc1Cl. The van der Waals surface area contributed by atoms with E-state index in [-0.39, 0.29) is 48.3 Å². The molecule has 4 aliphatic heterocycles. The second kappa shape index (κ2) is 16.0. The summed E-state index contributed by atoms with van der Waals surface area (Å²) in [6.07, 6.45) is 11.8. The topological polar surface area (TPSA) is 183 Å². The molecule has 1 spiro atoms. The number of benzene rings is 2. The fourth-order valence-electron chi connectivity index (χ4n) is 10.1. The number of carbonyl (C=O) groups excluding carboxylic acids is 5. The average Bonchev–Trinajstić information content (AvgIpc) is 3.81. The first kappa shape index (κ1) is 39.1. The molecule has 5 amide bonds. The van der Waals surface area contributed by atoms with E-state index in [0.717, 1.165) is 108 Å². The maximum atomic E-state index is 13.3. The number of anilines is 1. The fourth-order valence-corrected chi connectivity index (χ4v) is 10.3. The molecule has 5 fully saturated rings. The van der Waals surface area contributed by atoms with Gasteiger partial charge in [0.25, 0.3) is 17.7 Å². The largest absolute Gasteiger partial charge is 0.490 e. The molecule has 1 aromatic heterocycles. The van der Waals surface area contributed by atoms with Crippen LogP contribution in [0.1, 0.15) is 120 Å². The van der Waals surface area contributed by atoms with E-state index in [1.165, 1.54) is 0 Å². The Bertz CT molecular complexity index is 2210. The molecular weight excluding hydrogens is 774 g/mol. The van der Waals surface area contributed by atoms with Gasteiger partial charge in [0, 0.05) is 49.3 Å². The highest BCUT2D eigenvalue weighted by Gasteiger charge is 2.47. The number of hydrogen-bond donors (Lipinski definition) is 2. The summed E-state index contributed by atoms with van der Waals surface area (Å²) in [5.74, 6) is -0.858. The van der Waals surface area contributed by atoms with Crippen LogP contribution in [0.4, 0.5) is 5.69 Å². The van der Waals surface area contributed by atoms with Gasteiger partial charge < -0.3 is 19.9 Å². The van der Waals surface area contributed by atoms with Crippen molar-refractivity contribution < 1.29 is 28.7 Å². The second-order valence-corrected chi connectivity index (χ2v) is 17.8. The van der Waals surface area contributed by atoms with E-state index in [0.29, 0.717) is 39.1 Å². The van der Waals surface area contributed by atoms with E-state index < -0.39 is 23.8 Å². The minimum atomic E-state index is -0.965. The third-order valence-corrected chi connectivity index (χ3v) is 13.9. The lowest BCUT2D eigenvalue weighted by molar-refractivity contribution is -0.136. The first-order valence-electron chi connectivity index (χ1n) is 21.0. The van der Waals surface area contributed by atoms with Crippen LogP contribution in [0.3, 0.4) is 0 Å². The van der Waals surface area contributed by atoms with Crippen LogP contribution in [0.15, 0.2) is 42.6 Å². The number of fused-ring (bicyclic) bond motifs is 1. The third-order valence-electron chi connectivity index (χ3n) is 13.6. The Balaban J connectivity index is 0.687. The monoisotopic (exact) mass is 821 g/mol. The molecule has 2 aliphatic carbocycles. The molecule has 3 aromatic rings. The number of piperidine rings is 2. The zero-order valence-electron chi connectivity index (χ0n) is 32.9. The Morgan fingerprint density at radius 1 is 0.932 bits per heavy atom. The van der Waals surface area contributed by atoms with E-state index in [1.54, 1.807) is 36.5 Å². The zero-order chi connectivity index (χ0) is 40.8. The number of nitrogens with one attached hydrogen (secondary N) is 2. The van der Waals surface area contributed by atoms with Gasteiger partial charge in [0.15, 0.2) is 5.69 Å².